The van der Waals surface area contributed by atoms with Gasteiger partial charge in [0.15, 0.2) is 0 Å². The lowest BCUT2D eigenvalue weighted by Gasteiger charge is -2.19. The Bertz CT molecular complexity index is 307. The number of carboxylic acids is 1. The molecule has 0 aromatic carbocycles. The highest BCUT2D eigenvalue weighted by Gasteiger charge is 2.23. The van der Waals surface area contributed by atoms with Crippen molar-refractivity contribution in [1.29, 1.82) is 0 Å². The number of rotatable bonds is 1. The minimum Gasteiger partial charge on any atom is -0.544 e. The highest BCUT2D eigenvalue weighted by Crippen LogP contribution is 2.06. The van der Waals surface area contributed by atoms with E-state index in [1.54, 1.807) is 11.6 Å². The maximum absolute atomic E-state index is 10.5. The van der Waals surface area contributed by atoms with Crippen molar-refractivity contribution in [2.45, 2.75) is 19.0 Å². The summed E-state index contributed by atoms with van der Waals surface area (Å²) in [7, 11) is 0. The molecule has 1 aliphatic rings. The van der Waals surface area contributed by atoms with Crippen LogP contribution in [0.1, 0.15) is 11.4 Å². The minimum atomic E-state index is -1.01. The first-order chi connectivity index (χ1) is 5.77. The van der Waals surface area contributed by atoms with Crippen LogP contribution in [0, 0.1) is 0 Å². The van der Waals surface area contributed by atoms with Crippen LogP contribution in [-0.4, -0.2) is 22.0 Å². The molecule has 1 aromatic rings. The Morgan fingerprint density at radius 1 is 1.83 bits per heavy atom. The first-order valence-electron chi connectivity index (χ1n) is 3.82. The second-order valence-corrected chi connectivity index (χ2v) is 2.90. The van der Waals surface area contributed by atoms with E-state index < -0.39 is 12.0 Å². The van der Waals surface area contributed by atoms with E-state index in [1.165, 1.54) is 0 Å². The van der Waals surface area contributed by atoms with Crippen molar-refractivity contribution in [3.8, 4) is 0 Å². The fraction of sp³-hybridized carbons (Fsp3) is 0.429. The van der Waals surface area contributed by atoms with Gasteiger partial charge in [-0.2, -0.15) is 0 Å². The Hall–Kier alpha value is -1.36. The van der Waals surface area contributed by atoms with Crippen molar-refractivity contribution in [3.63, 3.8) is 0 Å². The number of fused-ring (bicyclic) bond motifs is 1. The SMILES string of the molecule is O=C([O-])[C@H]1Cc2nc[nH]c2C[NH2+]1. The third-order valence-electron chi connectivity index (χ3n) is 2.13. The van der Waals surface area contributed by atoms with Crippen LogP contribution < -0.4 is 10.4 Å². The average Bonchev–Trinajstić information content (AvgIpc) is 2.49. The number of hydrogen-bond donors (Lipinski definition) is 2. The normalized spacial score (nSPS) is 21.8. The molecule has 64 valence electrons. The van der Waals surface area contributed by atoms with Gasteiger partial charge in [-0.1, -0.05) is 0 Å². The summed E-state index contributed by atoms with van der Waals surface area (Å²) in [5, 5.41) is 12.3. The molecular formula is C7H9N3O2. The van der Waals surface area contributed by atoms with Crippen LogP contribution in [0.25, 0.3) is 0 Å². The molecule has 0 bridgehead atoms. The molecule has 0 radical (unpaired) electrons. The molecule has 0 fully saturated rings. The molecule has 0 saturated carbocycles. The van der Waals surface area contributed by atoms with Crippen LogP contribution in [-0.2, 0) is 17.8 Å². The van der Waals surface area contributed by atoms with Gasteiger partial charge in [0, 0.05) is 6.42 Å². The molecule has 2 rings (SSSR count). The largest absolute Gasteiger partial charge is 0.544 e. The van der Waals surface area contributed by atoms with Gasteiger partial charge in [-0.15, -0.1) is 0 Å². The lowest BCUT2D eigenvalue weighted by atomic mass is 10.1. The fourth-order valence-electron chi connectivity index (χ4n) is 1.43. The fourth-order valence-corrected chi connectivity index (χ4v) is 1.43. The first-order valence-corrected chi connectivity index (χ1v) is 3.82. The van der Waals surface area contributed by atoms with Crippen LogP contribution in [0.5, 0.6) is 0 Å². The number of aromatic amines is 1. The van der Waals surface area contributed by atoms with E-state index in [9.17, 15) is 9.90 Å². The number of hydrogen-bond acceptors (Lipinski definition) is 3. The smallest absolute Gasteiger partial charge is 0.132 e. The van der Waals surface area contributed by atoms with Crippen molar-refractivity contribution >= 4 is 5.97 Å². The van der Waals surface area contributed by atoms with E-state index in [4.69, 9.17) is 0 Å². The molecule has 2 heterocycles. The number of nitrogens with one attached hydrogen (secondary N) is 1. The van der Waals surface area contributed by atoms with Gasteiger partial charge in [0.25, 0.3) is 0 Å². The van der Waals surface area contributed by atoms with Crippen molar-refractivity contribution in [2.75, 3.05) is 0 Å². The molecule has 5 nitrogen and oxygen atoms in total. The number of aliphatic carboxylic acids is 1. The molecule has 3 N–H and O–H groups in total. The second-order valence-electron chi connectivity index (χ2n) is 2.90. The summed E-state index contributed by atoms with van der Waals surface area (Å²) >= 11 is 0. The quantitative estimate of drug-likeness (QED) is 0.472. The zero-order valence-corrected chi connectivity index (χ0v) is 6.41. The van der Waals surface area contributed by atoms with Gasteiger partial charge in [0.2, 0.25) is 0 Å². The van der Waals surface area contributed by atoms with Gasteiger partial charge in [-0.3, -0.25) is 0 Å². The number of carbonyl (C=O) groups excluding carboxylic acids is 1. The lowest BCUT2D eigenvalue weighted by molar-refractivity contribution is -0.702. The predicted octanol–water partition coefficient (Wildman–Crippen LogP) is -2.85. The Balaban J connectivity index is 2.20. The number of carbonyl (C=O) groups is 1. The van der Waals surface area contributed by atoms with E-state index in [0.29, 0.717) is 13.0 Å². The maximum atomic E-state index is 10.5. The monoisotopic (exact) mass is 167 g/mol. The number of aromatic nitrogens is 2. The molecule has 5 heteroatoms. The van der Waals surface area contributed by atoms with Crippen LogP contribution in [0.2, 0.25) is 0 Å². The van der Waals surface area contributed by atoms with Crippen molar-refractivity contribution in [1.82, 2.24) is 9.97 Å². The van der Waals surface area contributed by atoms with Crippen molar-refractivity contribution < 1.29 is 15.2 Å². The van der Waals surface area contributed by atoms with Crippen LogP contribution in [0.3, 0.4) is 0 Å². The van der Waals surface area contributed by atoms with Crippen molar-refractivity contribution in [3.05, 3.63) is 17.7 Å². The molecule has 1 aliphatic heterocycles. The van der Waals surface area contributed by atoms with E-state index in [1.807, 2.05) is 0 Å². The summed E-state index contributed by atoms with van der Waals surface area (Å²) in [4.78, 5) is 17.5. The number of carboxylic acid groups (broad SMARTS) is 1. The summed E-state index contributed by atoms with van der Waals surface area (Å²) in [5.74, 6) is -1.01. The number of H-pyrrole nitrogens is 1. The Morgan fingerprint density at radius 3 is 3.42 bits per heavy atom. The topological polar surface area (TPSA) is 85.4 Å². The standard InChI is InChI=1S/C7H9N3O2/c11-7(12)5-1-4-6(2-8-5)10-3-9-4/h3,5,8H,1-2H2,(H,9,10)(H,11,12)/t5-/m1/s1. The van der Waals surface area contributed by atoms with Crippen LogP contribution in [0.15, 0.2) is 6.33 Å². The number of nitrogens with two attached hydrogens (primary N) is 1. The number of imidazole rings is 1. The summed E-state index contributed by atoms with van der Waals surface area (Å²) in [6.07, 6.45) is 2.05. The molecule has 0 unspecified atom stereocenters. The average molecular weight is 167 g/mol. The molecule has 0 spiro atoms. The Kier molecular flexibility index (Phi) is 1.58. The van der Waals surface area contributed by atoms with Gasteiger partial charge in [-0.05, 0) is 0 Å². The van der Waals surface area contributed by atoms with Crippen molar-refractivity contribution in [2.24, 2.45) is 0 Å². The Labute approximate surface area is 68.8 Å². The predicted molar refractivity (Wildman–Crippen MR) is 36.7 cm³/mol. The summed E-state index contributed by atoms with van der Waals surface area (Å²) in [6.45, 7) is 0.647. The number of nitrogens with zero attached hydrogens (tertiary/aromatic N) is 1. The molecular weight excluding hydrogens is 158 g/mol. The zero-order valence-electron chi connectivity index (χ0n) is 6.41. The molecule has 0 amide bonds. The van der Waals surface area contributed by atoms with Gasteiger partial charge in [0.1, 0.15) is 12.6 Å². The third-order valence-corrected chi connectivity index (χ3v) is 2.13. The van der Waals surface area contributed by atoms with Crippen LogP contribution in [0.4, 0.5) is 0 Å². The first kappa shape index (κ1) is 7.30. The van der Waals surface area contributed by atoms with E-state index in [-0.39, 0.29) is 0 Å². The van der Waals surface area contributed by atoms with Crippen LogP contribution >= 0.6 is 0 Å². The maximum Gasteiger partial charge on any atom is 0.132 e. The lowest BCUT2D eigenvalue weighted by Crippen LogP contribution is -2.93. The van der Waals surface area contributed by atoms with E-state index in [0.717, 1.165) is 11.4 Å². The van der Waals surface area contributed by atoms with Gasteiger partial charge < -0.3 is 20.2 Å². The summed E-state index contributed by atoms with van der Waals surface area (Å²) in [5.41, 5.74) is 1.87. The molecule has 1 atom stereocenters. The highest BCUT2D eigenvalue weighted by molar-refractivity contribution is 5.69. The third kappa shape index (κ3) is 1.08. The summed E-state index contributed by atoms with van der Waals surface area (Å²) in [6, 6.07) is -0.471. The van der Waals surface area contributed by atoms with Gasteiger partial charge in [0.05, 0.1) is 23.7 Å². The molecule has 0 aliphatic carbocycles. The van der Waals surface area contributed by atoms with E-state index >= 15 is 0 Å². The minimum absolute atomic E-state index is 0.459. The zero-order chi connectivity index (χ0) is 8.55. The molecule has 1 aromatic heterocycles. The summed E-state index contributed by atoms with van der Waals surface area (Å²) < 4.78 is 0. The Morgan fingerprint density at radius 2 is 2.67 bits per heavy atom. The molecule has 12 heavy (non-hydrogen) atoms. The highest BCUT2D eigenvalue weighted by atomic mass is 16.4. The number of quaternary nitrogens is 1. The van der Waals surface area contributed by atoms with Gasteiger partial charge in [-0.25, -0.2) is 4.98 Å². The van der Waals surface area contributed by atoms with Gasteiger partial charge >= 0.3 is 0 Å². The van der Waals surface area contributed by atoms with E-state index in [2.05, 4.69) is 9.97 Å². The second kappa shape index (κ2) is 2.60. The molecule has 0 saturated heterocycles.